The lowest BCUT2D eigenvalue weighted by molar-refractivity contribution is 0.270. The van der Waals surface area contributed by atoms with E-state index in [-0.39, 0.29) is 12.6 Å². The molecule has 96 valence electrons. The van der Waals surface area contributed by atoms with Gasteiger partial charge in [-0.15, -0.1) is 0 Å². The molecular weight excluding hydrogens is 228 g/mol. The maximum absolute atomic E-state index is 8.86. The van der Waals surface area contributed by atoms with Gasteiger partial charge in [-0.3, -0.25) is 0 Å². The number of benzene rings is 2. The molecule has 18 heavy (non-hydrogen) atoms. The van der Waals surface area contributed by atoms with E-state index in [9.17, 15) is 0 Å². The molecule has 0 radical (unpaired) electrons. The van der Waals surface area contributed by atoms with Crippen molar-refractivity contribution in [1.82, 2.24) is 0 Å². The van der Waals surface area contributed by atoms with E-state index in [1.54, 1.807) is 7.11 Å². The number of nitrogens with two attached hydrogens (primary N) is 1. The van der Waals surface area contributed by atoms with Crippen molar-refractivity contribution >= 4 is 16.5 Å². The van der Waals surface area contributed by atoms with Crippen molar-refractivity contribution in [2.45, 2.75) is 6.04 Å². The highest BCUT2D eigenvalue weighted by Crippen LogP contribution is 2.23. The molecule has 2 aromatic rings. The Kier molecular flexibility index (Phi) is 4.02. The Morgan fingerprint density at radius 3 is 2.67 bits per heavy atom. The predicted octanol–water partition coefficient (Wildman–Crippen LogP) is 1.58. The SMILES string of the molecule is COc1ccc2cc(NCC(N)CO)ccc2c1. The summed E-state index contributed by atoms with van der Waals surface area (Å²) < 4.78 is 5.19. The third-order valence-electron chi connectivity index (χ3n) is 2.85. The van der Waals surface area contributed by atoms with Crippen molar-refractivity contribution in [3.63, 3.8) is 0 Å². The number of nitrogens with one attached hydrogen (secondary N) is 1. The van der Waals surface area contributed by atoms with Crippen LogP contribution in [0.25, 0.3) is 10.8 Å². The number of rotatable bonds is 5. The zero-order valence-electron chi connectivity index (χ0n) is 10.4. The van der Waals surface area contributed by atoms with Crippen LogP contribution in [0.1, 0.15) is 0 Å². The summed E-state index contributed by atoms with van der Waals surface area (Å²) in [7, 11) is 1.66. The lowest BCUT2D eigenvalue weighted by atomic mass is 10.1. The van der Waals surface area contributed by atoms with Crippen LogP contribution in [0.3, 0.4) is 0 Å². The van der Waals surface area contributed by atoms with Crippen molar-refractivity contribution in [1.29, 1.82) is 0 Å². The van der Waals surface area contributed by atoms with E-state index in [2.05, 4.69) is 11.4 Å². The van der Waals surface area contributed by atoms with E-state index in [1.165, 1.54) is 0 Å². The molecule has 4 nitrogen and oxygen atoms in total. The van der Waals surface area contributed by atoms with E-state index in [4.69, 9.17) is 15.6 Å². The summed E-state index contributed by atoms with van der Waals surface area (Å²) >= 11 is 0. The van der Waals surface area contributed by atoms with Crippen molar-refractivity contribution in [3.8, 4) is 5.75 Å². The molecule has 2 aromatic carbocycles. The van der Waals surface area contributed by atoms with Crippen LogP contribution in [-0.2, 0) is 0 Å². The molecule has 0 bridgehead atoms. The summed E-state index contributed by atoms with van der Waals surface area (Å²) in [6, 6.07) is 11.8. The molecule has 0 amide bonds. The second-order valence-electron chi connectivity index (χ2n) is 4.25. The molecule has 4 heteroatoms. The minimum atomic E-state index is -0.239. The topological polar surface area (TPSA) is 67.5 Å². The van der Waals surface area contributed by atoms with Crippen LogP contribution in [0.5, 0.6) is 5.75 Å². The number of anilines is 1. The van der Waals surface area contributed by atoms with Gasteiger partial charge in [-0.1, -0.05) is 12.1 Å². The van der Waals surface area contributed by atoms with Crippen LogP contribution in [0, 0.1) is 0 Å². The molecule has 0 aromatic heterocycles. The highest BCUT2D eigenvalue weighted by atomic mass is 16.5. The first-order valence-corrected chi connectivity index (χ1v) is 5.91. The molecule has 0 fully saturated rings. The van der Waals surface area contributed by atoms with E-state index >= 15 is 0 Å². The number of aliphatic hydroxyl groups excluding tert-OH is 1. The fraction of sp³-hybridized carbons (Fsp3) is 0.286. The standard InChI is InChI=1S/C14H18N2O2/c1-18-14-5-3-10-6-13(4-2-11(10)7-14)16-8-12(15)9-17/h2-7,12,16-17H,8-9,15H2,1H3. The number of hydrogen-bond donors (Lipinski definition) is 3. The monoisotopic (exact) mass is 246 g/mol. The summed E-state index contributed by atoms with van der Waals surface area (Å²) in [4.78, 5) is 0. The minimum absolute atomic E-state index is 0.0161. The number of ether oxygens (including phenoxy) is 1. The maximum atomic E-state index is 8.86. The minimum Gasteiger partial charge on any atom is -0.497 e. The van der Waals surface area contributed by atoms with Crippen molar-refractivity contribution in [2.75, 3.05) is 25.6 Å². The van der Waals surface area contributed by atoms with Gasteiger partial charge >= 0.3 is 0 Å². The highest BCUT2D eigenvalue weighted by molar-refractivity contribution is 5.86. The average Bonchev–Trinajstić information content (AvgIpc) is 2.43. The lowest BCUT2D eigenvalue weighted by Crippen LogP contribution is -2.32. The lowest BCUT2D eigenvalue weighted by Gasteiger charge is -2.11. The van der Waals surface area contributed by atoms with E-state index in [0.29, 0.717) is 6.54 Å². The Bertz CT molecular complexity index is 528. The Balaban J connectivity index is 2.17. The molecular formula is C14H18N2O2. The molecule has 0 aliphatic heterocycles. The fourth-order valence-corrected chi connectivity index (χ4v) is 1.77. The number of fused-ring (bicyclic) bond motifs is 1. The zero-order chi connectivity index (χ0) is 13.0. The highest BCUT2D eigenvalue weighted by Gasteiger charge is 2.01. The second-order valence-corrected chi connectivity index (χ2v) is 4.25. The third-order valence-corrected chi connectivity index (χ3v) is 2.85. The van der Waals surface area contributed by atoms with Crippen LogP contribution in [0.4, 0.5) is 5.69 Å². The van der Waals surface area contributed by atoms with Crippen LogP contribution in [-0.4, -0.2) is 31.4 Å². The zero-order valence-corrected chi connectivity index (χ0v) is 10.4. The van der Waals surface area contributed by atoms with Gasteiger partial charge in [0, 0.05) is 18.3 Å². The Morgan fingerprint density at radius 2 is 1.94 bits per heavy atom. The van der Waals surface area contributed by atoms with Gasteiger partial charge in [0.25, 0.3) is 0 Å². The van der Waals surface area contributed by atoms with Crippen LogP contribution < -0.4 is 15.8 Å². The van der Waals surface area contributed by atoms with Crippen LogP contribution in [0.2, 0.25) is 0 Å². The molecule has 0 aliphatic rings. The molecule has 0 aliphatic carbocycles. The van der Waals surface area contributed by atoms with Gasteiger partial charge in [-0.2, -0.15) is 0 Å². The first-order valence-electron chi connectivity index (χ1n) is 5.91. The normalized spacial score (nSPS) is 12.4. The fourth-order valence-electron chi connectivity index (χ4n) is 1.77. The van der Waals surface area contributed by atoms with E-state index < -0.39 is 0 Å². The van der Waals surface area contributed by atoms with Crippen LogP contribution >= 0.6 is 0 Å². The summed E-state index contributed by atoms with van der Waals surface area (Å²) in [5, 5.41) is 14.3. The molecule has 4 N–H and O–H groups in total. The number of methoxy groups -OCH3 is 1. The van der Waals surface area contributed by atoms with Gasteiger partial charge in [-0.25, -0.2) is 0 Å². The Labute approximate surface area is 106 Å². The van der Waals surface area contributed by atoms with Gasteiger partial charge in [0.1, 0.15) is 5.75 Å². The Hall–Kier alpha value is -1.78. The van der Waals surface area contributed by atoms with Gasteiger partial charge in [0.2, 0.25) is 0 Å². The number of aliphatic hydroxyl groups is 1. The Morgan fingerprint density at radius 1 is 1.22 bits per heavy atom. The van der Waals surface area contributed by atoms with Gasteiger partial charge in [-0.05, 0) is 35.0 Å². The summed E-state index contributed by atoms with van der Waals surface area (Å²) in [6.45, 7) is 0.538. The smallest absolute Gasteiger partial charge is 0.119 e. The van der Waals surface area contributed by atoms with E-state index in [1.807, 2.05) is 30.3 Å². The third kappa shape index (κ3) is 2.91. The predicted molar refractivity (Wildman–Crippen MR) is 74.1 cm³/mol. The van der Waals surface area contributed by atoms with Crippen molar-refractivity contribution in [2.24, 2.45) is 5.73 Å². The van der Waals surface area contributed by atoms with Gasteiger partial charge in [0.05, 0.1) is 13.7 Å². The summed E-state index contributed by atoms with van der Waals surface area (Å²) in [5.41, 5.74) is 6.64. The molecule has 1 unspecified atom stereocenters. The first kappa shape index (κ1) is 12.7. The maximum Gasteiger partial charge on any atom is 0.119 e. The summed E-state index contributed by atoms with van der Waals surface area (Å²) in [6.07, 6.45) is 0. The first-order chi connectivity index (χ1) is 8.72. The van der Waals surface area contributed by atoms with Gasteiger partial charge < -0.3 is 20.9 Å². The quantitative estimate of drug-likeness (QED) is 0.749. The van der Waals surface area contributed by atoms with Crippen LogP contribution in [0.15, 0.2) is 36.4 Å². The molecule has 0 spiro atoms. The molecule has 1 atom stereocenters. The number of hydrogen-bond acceptors (Lipinski definition) is 4. The summed E-state index contributed by atoms with van der Waals surface area (Å²) in [5.74, 6) is 0.852. The molecule has 0 saturated carbocycles. The molecule has 2 rings (SSSR count). The van der Waals surface area contributed by atoms with Crippen molar-refractivity contribution in [3.05, 3.63) is 36.4 Å². The van der Waals surface area contributed by atoms with Crippen molar-refractivity contribution < 1.29 is 9.84 Å². The van der Waals surface area contributed by atoms with E-state index in [0.717, 1.165) is 22.2 Å². The largest absolute Gasteiger partial charge is 0.497 e. The van der Waals surface area contributed by atoms with Gasteiger partial charge in [0.15, 0.2) is 0 Å². The molecule has 0 saturated heterocycles. The average molecular weight is 246 g/mol. The molecule has 0 heterocycles. The second kappa shape index (κ2) is 5.71.